The minimum Gasteiger partial charge on any atom is -0.350 e. The van der Waals surface area contributed by atoms with E-state index in [1.807, 2.05) is 6.92 Å². The van der Waals surface area contributed by atoms with Crippen molar-refractivity contribution in [2.75, 3.05) is 0 Å². The second-order valence-electron chi connectivity index (χ2n) is 4.48. The highest BCUT2D eigenvalue weighted by atomic mass is 19.1. The first-order valence-electron chi connectivity index (χ1n) is 5.71. The van der Waals surface area contributed by atoms with Crippen LogP contribution < -0.4 is 11.1 Å². The Kier molecular flexibility index (Phi) is 4.63. The van der Waals surface area contributed by atoms with Crippen molar-refractivity contribution in [3.63, 3.8) is 0 Å². The number of nitrogens with two attached hydrogens (primary N) is 1. The van der Waals surface area contributed by atoms with Gasteiger partial charge in [0.2, 0.25) is 5.91 Å². The lowest BCUT2D eigenvalue weighted by Gasteiger charge is -2.16. The highest BCUT2D eigenvalue weighted by Crippen LogP contribution is 2.16. The molecule has 0 aliphatic carbocycles. The number of carbonyl (C=O) groups is 1. The number of amides is 1. The third-order valence-corrected chi connectivity index (χ3v) is 2.57. The first kappa shape index (κ1) is 13.6. The van der Waals surface area contributed by atoms with Gasteiger partial charge < -0.3 is 11.1 Å². The Morgan fingerprint density at radius 2 is 2.12 bits per heavy atom. The lowest BCUT2D eigenvalue weighted by Crippen LogP contribution is -2.31. The Morgan fingerprint density at radius 1 is 1.47 bits per heavy atom. The second-order valence-corrected chi connectivity index (χ2v) is 4.48. The summed E-state index contributed by atoms with van der Waals surface area (Å²) in [5.41, 5.74) is 7.01. The van der Waals surface area contributed by atoms with Crippen molar-refractivity contribution in [3.8, 4) is 0 Å². The molecule has 0 heterocycles. The molecular formula is C13H19FN2O. The van der Waals surface area contributed by atoms with Crippen LogP contribution in [-0.2, 0) is 4.79 Å². The van der Waals surface area contributed by atoms with Crippen LogP contribution in [0.1, 0.15) is 37.4 Å². The molecule has 0 aliphatic rings. The molecule has 0 aliphatic heterocycles. The smallest absolute Gasteiger partial charge is 0.222 e. The standard InChI is InChI=1S/C13H19FN2O/c1-8-6-11(4-5-12(8)14)10(3)16-13(17)7-9(2)15/h4-6,9-10H,7,15H2,1-3H3,(H,16,17). The van der Waals surface area contributed by atoms with Crippen LogP contribution in [0.5, 0.6) is 0 Å². The largest absolute Gasteiger partial charge is 0.350 e. The third kappa shape index (κ3) is 4.15. The molecule has 0 fully saturated rings. The van der Waals surface area contributed by atoms with Crippen molar-refractivity contribution in [2.24, 2.45) is 5.73 Å². The molecule has 1 rings (SSSR count). The molecule has 0 aromatic heterocycles. The summed E-state index contributed by atoms with van der Waals surface area (Å²) in [6, 6.07) is 4.54. The summed E-state index contributed by atoms with van der Waals surface area (Å²) in [6.45, 7) is 5.35. The van der Waals surface area contributed by atoms with E-state index in [0.717, 1.165) is 5.56 Å². The predicted molar refractivity (Wildman–Crippen MR) is 66.0 cm³/mol. The highest BCUT2D eigenvalue weighted by molar-refractivity contribution is 5.76. The van der Waals surface area contributed by atoms with Crippen LogP contribution in [0.4, 0.5) is 4.39 Å². The number of aryl methyl sites for hydroxylation is 1. The maximum Gasteiger partial charge on any atom is 0.222 e. The van der Waals surface area contributed by atoms with Crippen LogP contribution in [0, 0.1) is 12.7 Å². The van der Waals surface area contributed by atoms with E-state index in [2.05, 4.69) is 5.32 Å². The quantitative estimate of drug-likeness (QED) is 0.843. The van der Waals surface area contributed by atoms with Gasteiger partial charge >= 0.3 is 0 Å². The van der Waals surface area contributed by atoms with Crippen LogP contribution in [0.2, 0.25) is 0 Å². The third-order valence-electron chi connectivity index (χ3n) is 2.57. The molecule has 2 atom stereocenters. The molecule has 4 heteroatoms. The van der Waals surface area contributed by atoms with E-state index in [9.17, 15) is 9.18 Å². The highest BCUT2D eigenvalue weighted by Gasteiger charge is 2.11. The summed E-state index contributed by atoms with van der Waals surface area (Å²) in [5.74, 6) is -0.322. The molecule has 1 aromatic carbocycles. The Labute approximate surface area is 101 Å². The number of benzene rings is 1. The van der Waals surface area contributed by atoms with Crippen molar-refractivity contribution >= 4 is 5.91 Å². The van der Waals surface area contributed by atoms with Crippen LogP contribution in [0.25, 0.3) is 0 Å². The average Bonchev–Trinajstić information content (AvgIpc) is 2.20. The number of nitrogens with one attached hydrogen (secondary N) is 1. The van der Waals surface area contributed by atoms with Gasteiger partial charge in [0, 0.05) is 12.5 Å². The Balaban J connectivity index is 2.66. The summed E-state index contributed by atoms with van der Waals surface area (Å²) in [5, 5.41) is 2.83. The number of hydrogen-bond donors (Lipinski definition) is 2. The van der Waals surface area contributed by atoms with Crippen molar-refractivity contribution in [1.29, 1.82) is 0 Å². The van der Waals surface area contributed by atoms with E-state index in [-0.39, 0.29) is 23.8 Å². The lowest BCUT2D eigenvalue weighted by atomic mass is 10.0. The predicted octanol–water partition coefficient (Wildman–Crippen LogP) is 2.05. The van der Waals surface area contributed by atoms with E-state index < -0.39 is 0 Å². The van der Waals surface area contributed by atoms with Gasteiger partial charge in [-0.05, 0) is 38.0 Å². The number of rotatable bonds is 4. The monoisotopic (exact) mass is 238 g/mol. The number of carbonyl (C=O) groups excluding carboxylic acids is 1. The molecule has 0 spiro atoms. The zero-order chi connectivity index (χ0) is 13.0. The Hall–Kier alpha value is -1.42. The second kappa shape index (κ2) is 5.77. The van der Waals surface area contributed by atoms with Crippen molar-refractivity contribution in [3.05, 3.63) is 35.1 Å². The molecule has 3 N–H and O–H groups in total. The van der Waals surface area contributed by atoms with Gasteiger partial charge in [0.1, 0.15) is 5.82 Å². The van der Waals surface area contributed by atoms with E-state index in [0.29, 0.717) is 12.0 Å². The van der Waals surface area contributed by atoms with E-state index >= 15 is 0 Å². The van der Waals surface area contributed by atoms with Gasteiger partial charge in [-0.2, -0.15) is 0 Å². The molecular weight excluding hydrogens is 219 g/mol. The van der Waals surface area contributed by atoms with E-state index in [1.54, 1.807) is 26.0 Å². The van der Waals surface area contributed by atoms with Gasteiger partial charge in [0.05, 0.1) is 6.04 Å². The topological polar surface area (TPSA) is 55.1 Å². The van der Waals surface area contributed by atoms with Crippen LogP contribution in [0.3, 0.4) is 0 Å². The summed E-state index contributed by atoms with van der Waals surface area (Å²) in [4.78, 5) is 11.5. The summed E-state index contributed by atoms with van der Waals surface area (Å²) in [6.07, 6.45) is 0.296. The number of hydrogen-bond acceptors (Lipinski definition) is 2. The lowest BCUT2D eigenvalue weighted by molar-refractivity contribution is -0.122. The van der Waals surface area contributed by atoms with E-state index in [1.165, 1.54) is 6.07 Å². The van der Waals surface area contributed by atoms with Gasteiger partial charge in [-0.25, -0.2) is 4.39 Å². The fourth-order valence-corrected chi connectivity index (χ4v) is 1.61. The molecule has 0 bridgehead atoms. The van der Waals surface area contributed by atoms with Crippen LogP contribution in [0.15, 0.2) is 18.2 Å². The van der Waals surface area contributed by atoms with Crippen molar-refractivity contribution in [1.82, 2.24) is 5.32 Å². The fraction of sp³-hybridized carbons (Fsp3) is 0.462. The Morgan fingerprint density at radius 3 is 2.65 bits per heavy atom. The maximum absolute atomic E-state index is 13.1. The summed E-state index contributed by atoms with van der Waals surface area (Å²) < 4.78 is 13.1. The summed E-state index contributed by atoms with van der Waals surface area (Å²) >= 11 is 0. The first-order valence-corrected chi connectivity index (χ1v) is 5.71. The van der Waals surface area contributed by atoms with E-state index in [4.69, 9.17) is 5.73 Å². The molecule has 1 aromatic rings. The van der Waals surface area contributed by atoms with Gasteiger partial charge in [0.25, 0.3) is 0 Å². The minimum atomic E-state index is -0.233. The number of halogens is 1. The first-order chi connectivity index (χ1) is 7.90. The average molecular weight is 238 g/mol. The Bertz CT molecular complexity index is 404. The molecule has 0 saturated heterocycles. The maximum atomic E-state index is 13.1. The zero-order valence-corrected chi connectivity index (χ0v) is 10.5. The fourth-order valence-electron chi connectivity index (χ4n) is 1.61. The SMILES string of the molecule is Cc1cc(C(C)NC(=O)CC(C)N)ccc1F. The van der Waals surface area contributed by atoms with Crippen LogP contribution >= 0.6 is 0 Å². The normalized spacial score (nSPS) is 14.2. The summed E-state index contributed by atoms with van der Waals surface area (Å²) in [7, 11) is 0. The van der Waals surface area contributed by atoms with Crippen LogP contribution in [-0.4, -0.2) is 11.9 Å². The molecule has 1 amide bonds. The van der Waals surface area contributed by atoms with Gasteiger partial charge in [-0.15, -0.1) is 0 Å². The molecule has 17 heavy (non-hydrogen) atoms. The molecule has 2 unspecified atom stereocenters. The van der Waals surface area contributed by atoms with Crippen molar-refractivity contribution < 1.29 is 9.18 Å². The zero-order valence-electron chi connectivity index (χ0n) is 10.5. The molecule has 0 saturated carbocycles. The minimum absolute atomic E-state index is 0.0884. The van der Waals surface area contributed by atoms with Gasteiger partial charge in [0.15, 0.2) is 0 Å². The molecule has 3 nitrogen and oxygen atoms in total. The van der Waals surface area contributed by atoms with Crippen molar-refractivity contribution in [2.45, 2.75) is 39.3 Å². The van der Waals surface area contributed by atoms with Gasteiger partial charge in [-0.1, -0.05) is 12.1 Å². The van der Waals surface area contributed by atoms with Gasteiger partial charge in [-0.3, -0.25) is 4.79 Å². The molecule has 0 radical (unpaired) electrons. The molecule has 94 valence electrons.